The summed E-state index contributed by atoms with van der Waals surface area (Å²) in [6.45, 7) is 3.50. The minimum Gasteiger partial charge on any atom is -0.324 e. The van der Waals surface area contributed by atoms with Crippen molar-refractivity contribution in [2.75, 3.05) is 12.4 Å². The second-order valence-corrected chi connectivity index (χ2v) is 7.47. The molecule has 2 rings (SSSR count). The number of hydrogen-bond donors (Lipinski definition) is 3. The van der Waals surface area contributed by atoms with E-state index in [4.69, 9.17) is 0 Å². The number of anilines is 1. The lowest BCUT2D eigenvalue weighted by Crippen LogP contribution is -2.47. The van der Waals surface area contributed by atoms with Crippen LogP contribution in [-0.2, 0) is 14.8 Å². The molecule has 21 heavy (non-hydrogen) atoms. The second kappa shape index (κ2) is 5.75. The van der Waals surface area contributed by atoms with Crippen molar-refractivity contribution in [3.8, 4) is 0 Å². The lowest BCUT2D eigenvalue weighted by atomic mass is 10.1. The van der Waals surface area contributed by atoms with Gasteiger partial charge in [0.05, 0.1) is 10.4 Å². The maximum absolute atomic E-state index is 12.1. The number of sulfonamides is 1. The van der Waals surface area contributed by atoms with Crippen molar-refractivity contribution in [1.29, 1.82) is 0 Å². The van der Waals surface area contributed by atoms with Crippen LogP contribution in [-0.4, -0.2) is 33.0 Å². The van der Waals surface area contributed by atoms with Gasteiger partial charge in [-0.15, -0.1) is 0 Å². The van der Waals surface area contributed by atoms with Crippen molar-refractivity contribution in [3.63, 3.8) is 0 Å². The van der Waals surface area contributed by atoms with Crippen LogP contribution < -0.4 is 15.4 Å². The Kier molecular flexibility index (Phi) is 4.36. The third-order valence-corrected chi connectivity index (χ3v) is 5.01. The molecule has 1 aromatic rings. The Hall–Kier alpha value is -1.44. The van der Waals surface area contributed by atoms with Crippen LogP contribution in [0.5, 0.6) is 0 Å². The lowest BCUT2D eigenvalue weighted by molar-refractivity contribution is -0.121. The van der Waals surface area contributed by atoms with Gasteiger partial charge in [-0.1, -0.05) is 6.07 Å². The summed E-state index contributed by atoms with van der Waals surface area (Å²) in [5.41, 5.74) is -0.275. The van der Waals surface area contributed by atoms with Crippen LogP contribution in [0, 0.1) is 0 Å². The van der Waals surface area contributed by atoms with Gasteiger partial charge in [-0.3, -0.25) is 4.79 Å². The third-order valence-electron chi connectivity index (χ3n) is 3.49. The van der Waals surface area contributed by atoms with Crippen LogP contribution in [0.15, 0.2) is 29.2 Å². The van der Waals surface area contributed by atoms with Crippen LogP contribution in [0.4, 0.5) is 5.69 Å². The smallest absolute Gasteiger partial charge is 0.244 e. The Labute approximate surface area is 125 Å². The van der Waals surface area contributed by atoms with Crippen molar-refractivity contribution < 1.29 is 13.2 Å². The highest BCUT2D eigenvalue weighted by Crippen LogP contribution is 2.23. The highest BCUT2D eigenvalue weighted by atomic mass is 32.2. The topological polar surface area (TPSA) is 87.3 Å². The standard InChI is InChI=1S/C14H21N3O3S/c1-14(2,15-3)13(18)16-11-5-4-6-12(9-11)21(19,20)17-10-7-8-10/h4-6,9-10,15,17H,7-8H2,1-3H3,(H,16,18). The minimum atomic E-state index is -3.51. The normalized spacial score (nSPS) is 15.8. The summed E-state index contributed by atoms with van der Waals surface area (Å²) in [5.74, 6) is -0.227. The van der Waals surface area contributed by atoms with Crippen molar-refractivity contribution in [1.82, 2.24) is 10.0 Å². The molecule has 3 N–H and O–H groups in total. The van der Waals surface area contributed by atoms with Crippen LogP contribution >= 0.6 is 0 Å². The number of nitrogens with one attached hydrogen (secondary N) is 3. The Morgan fingerprint density at radius 3 is 2.52 bits per heavy atom. The Morgan fingerprint density at radius 2 is 1.95 bits per heavy atom. The van der Waals surface area contributed by atoms with Gasteiger partial charge in [0.1, 0.15) is 0 Å². The van der Waals surface area contributed by atoms with Gasteiger partial charge in [-0.05, 0) is 51.9 Å². The van der Waals surface area contributed by atoms with Gasteiger partial charge in [-0.2, -0.15) is 0 Å². The fourth-order valence-electron chi connectivity index (χ4n) is 1.63. The van der Waals surface area contributed by atoms with E-state index in [2.05, 4.69) is 15.4 Å². The summed E-state index contributed by atoms with van der Waals surface area (Å²) in [7, 11) is -1.82. The van der Waals surface area contributed by atoms with E-state index in [0.29, 0.717) is 5.69 Å². The predicted molar refractivity (Wildman–Crippen MR) is 81.6 cm³/mol. The maximum atomic E-state index is 12.1. The molecule has 116 valence electrons. The quantitative estimate of drug-likeness (QED) is 0.733. The van der Waals surface area contributed by atoms with Gasteiger partial charge < -0.3 is 10.6 Å². The van der Waals surface area contributed by atoms with E-state index in [9.17, 15) is 13.2 Å². The molecule has 0 spiro atoms. The summed E-state index contributed by atoms with van der Waals surface area (Å²) in [6.07, 6.45) is 1.76. The molecule has 0 unspecified atom stereocenters. The first kappa shape index (κ1) is 15.9. The molecule has 0 bridgehead atoms. The molecule has 1 aliphatic rings. The Balaban J connectivity index is 2.16. The van der Waals surface area contributed by atoms with E-state index in [1.165, 1.54) is 12.1 Å². The molecule has 0 heterocycles. The van der Waals surface area contributed by atoms with Crippen LogP contribution in [0.1, 0.15) is 26.7 Å². The number of carbonyl (C=O) groups excluding carboxylic acids is 1. The minimum absolute atomic E-state index is 0.0523. The van der Waals surface area contributed by atoms with Gasteiger partial charge in [-0.25, -0.2) is 13.1 Å². The first-order chi connectivity index (χ1) is 9.74. The van der Waals surface area contributed by atoms with E-state index in [1.54, 1.807) is 33.0 Å². The summed E-state index contributed by atoms with van der Waals surface area (Å²) < 4.78 is 26.9. The Morgan fingerprint density at radius 1 is 1.29 bits per heavy atom. The fourth-order valence-corrected chi connectivity index (χ4v) is 2.98. The van der Waals surface area contributed by atoms with Crippen molar-refractivity contribution in [2.24, 2.45) is 0 Å². The lowest BCUT2D eigenvalue weighted by Gasteiger charge is -2.22. The molecule has 1 aromatic carbocycles. The zero-order chi connectivity index (χ0) is 15.7. The van der Waals surface area contributed by atoms with E-state index >= 15 is 0 Å². The van der Waals surface area contributed by atoms with Gasteiger partial charge in [0.2, 0.25) is 15.9 Å². The SMILES string of the molecule is CNC(C)(C)C(=O)Nc1cccc(S(=O)(=O)NC2CC2)c1. The monoisotopic (exact) mass is 311 g/mol. The third kappa shape index (κ3) is 4.03. The van der Waals surface area contributed by atoms with Crippen molar-refractivity contribution >= 4 is 21.6 Å². The van der Waals surface area contributed by atoms with Gasteiger partial charge in [0, 0.05) is 11.7 Å². The van der Waals surface area contributed by atoms with Gasteiger partial charge in [0.25, 0.3) is 0 Å². The molecule has 6 nitrogen and oxygen atoms in total. The molecule has 0 aromatic heterocycles. The summed E-state index contributed by atoms with van der Waals surface area (Å²) in [4.78, 5) is 12.2. The van der Waals surface area contributed by atoms with E-state index in [-0.39, 0.29) is 16.8 Å². The van der Waals surface area contributed by atoms with E-state index < -0.39 is 15.6 Å². The largest absolute Gasteiger partial charge is 0.324 e. The zero-order valence-corrected chi connectivity index (χ0v) is 13.3. The molecular formula is C14H21N3O3S. The number of carbonyl (C=O) groups is 1. The number of likely N-dealkylation sites (N-methyl/N-ethyl adjacent to an activating group) is 1. The van der Waals surface area contributed by atoms with Gasteiger partial charge >= 0.3 is 0 Å². The molecular weight excluding hydrogens is 290 g/mol. The number of hydrogen-bond acceptors (Lipinski definition) is 4. The van der Waals surface area contributed by atoms with E-state index in [0.717, 1.165) is 12.8 Å². The van der Waals surface area contributed by atoms with Crippen LogP contribution in [0.2, 0.25) is 0 Å². The first-order valence-corrected chi connectivity index (χ1v) is 8.36. The number of benzene rings is 1. The first-order valence-electron chi connectivity index (χ1n) is 6.87. The molecule has 1 fully saturated rings. The maximum Gasteiger partial charge on any atom is 0.244 e. The van der Waals surface area contributed by atoms with Crippen LogP contribution in [0.3, 0.4) is 0 Å². The Bertz CT molecular complexity index is 637. The average Bonchev–Trinajstić information content (AvgIpc) is 3.22. The van der Waals surface area contributed by atoms with Gasteiger partial charge in [0.15, 0.2) is 0 Å². The molecule has 0 aliphatic heterocycles. The zero-order valence-electron chi connectivity index (χ0n) is 12.4. The van der Waals surface area contributed by atoms with Crippen LogP contribution in [0.25, 0.3) is 0 Å². The van der Waals surface area contributed by atoms with Crippen molar-refractivity contribution in [2.45, 2.75) is 43.2 Å². The number of amides is 1. The fraction of sp³-hybridized carbons (Fsp3) is 0.500. The average molecular weight is 311 g/mol. The molecule has 1 saturated carbocycles. The molecule has 7 heteroatoms. The summed E-state index contributed by atoms with van der Waals surface area (Å²) in [6, 6.07) is 6.32. The molecule has 0 atom stereocenters. The van der Waals surface area contributed by atoms with E-state index in [1.807, 2.05) is 0 Å². The predicted octanol–water partition coefficient (Wildman–Crippen LogP) is 1.06. The molecule has 1 aliphatic carbocycles. The highest BCUT2D eigenvalue weighted by Gasteiger charge is 2.28. The summed E-state index contributed by atoms with van der Waals surface area (Å²) >= 11 is 0. The summed E-state index contributed by atoms with van der Waals surface area (Å²) in [5, 5.41) is 5.62. The van der Waals surface area contributed by atoms with Crippen molar-refractivity contribution in [3.05, 3.63) is 24.3 Å². The molecule has 0 saturated heterocycles. The molecule has 0 radical (unpaired) electrons. The highest BCUT2D eigenvalue weighted by molar-refractivity contribution is 7.89. The second-order valence-electron chi connectivity index (χ2n) is 5.75. The number of rotatable bonds is 6. The molecule has 1 amide bonds.